The molecule has 90 valence electrons. The molecule has 6 heteroatoms. The van der Waals surface area contributed by atoms with Crippen LogP contribution in [0.25, 0.3) is 11.3 Å². The second-order valence-corrected chi connectivity index (χ2v) is 4.47. The third-order valence-corrected chi connectivity index (χ3v) is 3.12. The number of halogens is 1. The van der Waals surface area contributed by atoms with Gasteiger partial charge in [0.15, 0.2) is 0 Å². The van der Waals surface area contributed by atoms with E-state index in [0.29, 0.717) is 28.4 Å². The van der Waals surface area contributed by atoms with Crippen molar-refractivity contribution in [3.63, 3.8) is 0 Å². The van der Waals surface area contributed by atoms with E-state index in [4.69, 9.17) is 10.5 Å². The number of phenolic OH excluding ortho intramolecular Hbond substituents is 1. The minimum Gasteiger partial charge on any atom is -0.507 e. The fraction of sp³-hybridized carbons (Fsp3) is 0.182. The highest BCUT2D eigenvalue weighted by molar-refractivity contribution is 9.10. The predicted octanol–water partition coefficient (Wildman–Crippen LogP) is 2.44. The molecule has 0 bridgehead atoms. The zero-order chi connectivity index (χ0) is 12.6. The van der Waals surface area contributed by atoms with Crippen molar-refractivity contribution in [2.24, 2.45) is 0 Å². The highest BCUT2D eigenvalue weighted by atomic mass is 79.9. The molecule has 0 radical (unpaired) electrons. The third-order valence-electron chi connectivity index (χ3n) is 2.53. The van der Waals surface area contributed by atoms with Gasteiger partial charge in [-0.3, -0.25) is 5.10 Å². The summed E-state index contributed by atoms with van der Waals surface area (Å²) in [7, 11) is 1.56. The van der Waals surface area contributed by atoms with Gasteiger partial charge in [-0.25, -0.2) is 0 Å². The van der Waals surface area contributed by atoms with Gasteiger partial charge < -0.3 is 15.6 Å². The van der Waals surface area contributed by atoms with Crippen LogP contribution >= 0.6 is 15.9 Å². The van der Waals surface area contributed by atoms with E-state index in [1.165, 1.54) is 0 Å². The fourth-order valence-electron chi connectivity index (χ4n) is 1.68. The number of H-pyrrole nitrogens is 1. The van der Waals surface area contributed by atoms with Crippen molar-refractivity contribution in [2.75, 3.05) is 12.8 Å². The quantitative estimate of drug-likeness (QED) is 0.795. The number of ether oxygens (including phenoxy) is 1. The summed E-state index contributed by atoms with van der Waals surface area (Å²) >= 11 is 3.39. The zero-order valence-corrected chi connectivity index (χ0v) is 11.0. The molecule has 0 atom stereocenters. The largest absolute Gasteiger partial charge is 0.507 e. The number of nitrogens with one attached hydrogen (secondary N) is 1. The highest BCUT2D eigenvalue weighted by Crippen LogP contribution is 2.41. The molecule has 0 saturated heterocycles. The van der Waals surface area contributed by atoms with Crippen molar-refractivity contribution in [1.82, 2.24) is 10.2 Å². The Kier molecular flexibility index (Phi) is 2.97. The minimum atomic E-state index is 0.147. The molecule has 0 aliphatic rings. The number of nitrogen functional groups attached to an aromatic ring is 1. The number of aromatic amines is 1. The first-order chi connectivity index (χ1) is 8.04. The smallest absolute Gasteiger partial charge is 0.145 e. The molecule has 17 heavy (non-hydrogen) atoms. The summed E-state index contributed by atoms with van der Waals surface area (Å²) in [5, 5.41) is 16.7. The zero-order valence-electron chi connectivity index (χ0n) is 9.41. The van der Waals surface area contributed by atoms with Crippen molar-refractivity contribution >= 4 is 21.7 Å². The summed E-state index contributed by atoms with van der Waals surface area (Å²) in [4.78, 5) is 0. The van der Waals surface area contributed by atoms with E-state index in [1.807, 2.05) is 0 Å². The Labute approximate surface area is 107 Å². The van der Waals surface area contributed by atoms with Crippen LogP contribution in [0.4, 0.5) is 5.82 Å². The summed E-state index contributed by atoms with van der Waals surface area (Å²) in [5.74, 6) is 1.14. The van der Waals surface area contributed by atoms with Crippen LogP contribution in [0, 0.1) is 6.92 Å². The third kappa shape index (κ3) is 1.95. The average molecular weight is 298 g/mol. The van der Waals surface area contributed by atoms with E-state index in [2.05, 4.69) is 26.1 Å². The summed E-state index contributed by atoms with van der Waals surface area (Å²) in [6, 6.07) is 3.42. The van der Waals surface area contributed by atoms with Crippen molar-refractivity contribution < 1.29 is 9.84 Å². The number of aromatic nitrogens is 2. The molecule has 2 rings (SSSR count). The molecule has 0 fully saturated rings. The lowest BCUT2D eigenvalue weighted by Gasteiger charge is -2.12. The van der Waals surface area contributed by atoms with Crippen LogP contribution < -0.4 is 10.5 Å². The van der Waals surface area contributed by atoms with Gasteiger partial charge in [-0.15, -0.1) is 0 Å². The molecule has 0 saturated carbocycles. The maximum absolute atomic E-state index is 10.1. The monoisotopic (exact) mass is 297 g/mol. The summed E-state index contributed by atoms with van der Waals surface area (Å²) in [6.07, 6.45) is 0. The second-order valence-electron chi connectivity index (χ2n) is 3.62. The van der Waals surface area contributed by atoms with E-state index < -0.39 is 0 Å². The van der Waals surface area contributed by atoms with E-state index in [-0.39, 0.29) is 5.75 Å². The van der Waals surface area contributed by atoms with Crippen LogP contribution in [0.3, 0.4) is 0 Å². The molecule has 0 amide bonds. The Morgan fingerprint density at radius 2 is 2.18 bits per heavy atom. The number of methoxy groups -OCH3 is 1. The number of nitrogens with zero attached hydrogens (tertiary/aromatic N) is 1. The first kappa shape index (κ1) is 11.8. The number of hydrogen-bond acceptors (Lipinski definition) is 4. The Balaban J connectivity index is 2.64. The molecule has 4 N–H and O–H groups in total. The SMILES string of the molecule is COc1c(Br)cc(-c2cc(N)n[nH]2)c(O)c1C. The maximum atomic E-state index is 10.1. The Morgan fingerprint density at radius 3 is 2.71 bits per heavy atom. The molecule has 1 aromatic carbocycles. The molecule has 1 heterocycles. The Bertz CT molecular complexity index is 566. The van der Waals surface area contributed by atoms with Gasteiger partial charge in [0.2, 0.25) is 0 Å². The van der Waals surface area contributed by atoms with Gasteiger partial charge in [0.25, 0.3) is 0 Å². The van der Waals surface area contributed by atoms with Gasteiger partial charge in [-0.1, -0.05) is 0 Å². The lowest BCUT2D eigenvalue weighted by Crippen LogP contribution is -1.91. The molecule has 0 aliphatic heterocycles. The first-order valence-corrected chi connectivity index (χ1v) is 5.71. The Hall–Kier alpha value is -1.69. The number of aromatic hydroxyl groups is 1. The molecular weight excluding hydrogens is 286 g/mol. The van der Waals surface area contributed by atoms with Gasteiger partial charge in [0.1, 0.15) is 17.3 Å². The molecule has 2 aromatic rings. The molecule has 0 unspecified atom stereocenters. The normalized spacial score (nSPS) is 10.5. The van der Waals surface area contributed by atoms with E-state index in [9.17, 15) is 5.11 Å². The van der Waals surface area contributed by atoms with Gasteiger partial charge in [-0.05, 0) is 28.9 Å². The van der Waals surface area contributed by atoms with Gasteiger partial charge in [-0.2, -0.15) is 5.10 Å². The molecule has 1 aromatic heterocycles. The van der Waals surface area contributed by atoms with Gasteiger partial charge in [0, 0.05) is 17.2 Å². The summed E-state index contributed by atoms with van der Waals surface area (Å²) in [5.41, 5.74) is 7.48. The van der Waals surface area contributed by atoms with E-state index >= 15 is 0 Å². The number of hydrogen-bond donors (Lipinski definition) is 3. The van der Waals surface area contributed by atoms with Crippen LogP contribution in [0.5, 0.6) is 11.5 Å². The van der Waals surface area contributed by atoms with Crippen LogP contribution in [0.15, 0.2) is 16.6 Å². The minimum absolute atomic E-state index is 0.147. The van der Waals surface area contributed by atoms with Crippen LogP contribution in [-0.4, -0.2) is 22.4 Å². The second kappa shape index (κ2) is 4.29. The summed E-state index contributed by atoms with van der Waals surface area (Å²) in [6.45, 7) is 1.78. The molecular formula is C11H12BrN3O2. The summed E-state index contributed by atoms with van der Waals surface area (Å²) < 4.78 is 5.96. The van der Waals surface area contributed by atoms with Gasteiger partial charge >= 0.3 is 0 Å². The Morgan fingerprint density at radius 1 is 1.47 bits per heavy atom. The predicted molar refractivity (Wildman–Crippen MR) is 69.1 cm³/mol. The van der Waals surface area contributed by atoms with Gasteiger partial charge in [0.05, 0.1) is 17.3 Å². The van der Waals surface area contributed by atoms with Crippen molar-refractivity contribution in [1.29, 1.82) is 0 Å². The van der Waals surface area contributed by atoms with E-state index in [1.54, 1.807) is 26.2 Å². The van der Waals surface area contributed by atoms with E-state index in [0.717, 1.165) is 4.47 Å². The topological polar surface area (TPSA) is 84.2 Å². The molecule has 0 spiro atoms. The molecule has 0 aliphatic carbocycles. The van der Waals surface area contributed by atoms with Crippen molar-refractivity contribution in [3.05, 3.63) is 22.2 Å². The molecule has 5 nitrogen and oxygen atoms in total. The standard InChI is InChI=1S/C11H12BrN3O2/c1-5-10(16)6(3-7(12)11(5)17-2)8-4-9(13)15-14-8/h3-4,16H,1-2H3,(H3,13,14,15). The van der Waals surface area contributed by atoms with Crippen molar-refractivity contribution in [2.45, 2.75) is 6.92 Å². The van der Waals surface area contributed by atoms with Crippen LogP contribution in [-0.2, 0) is 0 Å². The highest BCUT2D eigenvalue weighted by Gasteiger charge is 2.16. The average Bonchev–Trinajstić information content (AvgIpc) is 2.71. The number of anilines is 1. The fourth-order valence-corrected chi connectivity index (χ4v) is 2.37. The number of phenols is 1. The van der Waals surface area contributed by atoms with Crippen LogP contribution in [0.1, 0.15) is 5.56 Å². The lowest BCUT2D eigenvalue weighted by atomic mass is 10.1. The number of nitrogens with two attached hydrogens (primary N) is 1. The number of rotatable bonds is 2. The van der Waals surface area contributed by atoms with Crippen LogP contribution in [0.2, 0.25) is 0 Å². The lowest BCUT2D eigenvalue weighted by molar-refractivity contribution is 0.400. The van der Waals surface area contributed by atoms with Crippen molar-refractivity contribution in [3.8, 4) is 22.8 Å². The maximum Gasteiger partial charge on any atom is 0.145 e. The number of benzene rings is 1. The first-order valence-electron chi connectivity index (χ1n) is 4.92.